The molecule has 2 heterocycles. The minimum Gasteiger partial charge on any atom is -0.399 e. The lowest BCUT2D eigenvalue weighted by atomic mass is 9.88. The van der Waals surface area contributed by atoms with E-state index in [-0.39, 0.29) is 4.21 Å². The number of hydrogen-bond donors (Lipinski definition) is 0. The first-order chi connectivity index (χ1) is 8.59. The molecule has 1 aliphatic heterocycles. The van der Waals surface area contributed by atoms with Crippen molar-refractivity contribution in [3.05, 3.63) is 12.1 Å². The van der Waals surface area contributed by atoms with Crippen LogP contribution < -0.4 is 4.78 Å². The predicted molar refractivity (Wildman–Crippen MR) is 74.2 cm³/mol. The first-order valence-electron chi connectivity index (χ1n) is 5.85. The largest absolute Gasteiger partial charge is 0.505 e. The van der Waals surface area contributed by atoms with Crippen LogP contribution in [0.25, 0.3) is 0 Å². The summed E-state index contributed by atoms with van der Waals surface area (Å²) in [5.41, 5.74) is -0.885. The van der Waals surface area contributed by atoms with E-state index in [2.05, 4.69) is 4.18 Å². The molecule has 1 aromatic rings. The maximum Gasteiger partial charge on any atom is 0.505 e. The van der Waals surface area contributed by atoms with E-state index in [1.165, 1.54) is 6.07 Å². The maximum absolute atomic E-state index is 11.6. The Kier molecular flexibility index (Phi) is 3.60. The highest BCUT2D eigenvalue weighted by atomic mass is 32.3. The molecule has 0 aromatic carbocycles. The SMILES string of the molecule is COS(=O)(=O)c1ccc(B2OC(C)(C)C(C)(C)O2)s1. The van der Waals surface area contributed by atoms with Gasteiger partial charge in [-0.1, -0.05) is 6.07 Å². The van der Waals surface area contributed by atoms with E-state index < -0.39 is 28.4 Å². The van der Waals surface area contributed by atoms with E-state index >= 15 is 0 Å². The van der Waals surface area contributed by atoms with E-state index in [0.717, 1.165) is 18.4 Å². The van der Waals surface area contributed by atoms with Crippen LogP contribution in [-0.2, 0) is 23.6 Å². The normalized spacial score (nSPS) is 21.8. The Morgan fingerprint density at radius 3 is 2.16 bits per heavy atom. The van der Waals surface area contributed by atoms with Crippen LogP contribution in [0, 0.1) is 0 Å². The van der Waals surface area contributed by atoms with Gasteiger partial charge in [0.2, 0.25) is 0 Å². The Balaban J connectivity index is 2.27. The van der Waals surface area contributed by atoms with Gasteiger partial charge in [0.25, 0.3) is 0 Å². The molecule has 2 rings (SSSR count). The smallest absolute Gasteiger partial charge is 0.399 e. The summed E-state index contributed by atoms with van der Waals surface area (Å²) in [5.74, 6) is 0. The van der Waals surface area contributed by atoms with Gasteiger partial charge in [-0.3, -0.25) is 4.18 Å². The molecule has 0 spiro atoms. The molecule has 0 unspecified atom stereocenters. The molecule has 106 valence electrons. The molecule has 19 heavy (non-hydrogen) atoms. The predicted octanol–water partition coefficient (Wildman–Crippen LogP) is 1.38. The second kappa shape index (κ2) is 4.56. The Hall–Kier alpha value is -0.405. The van der Waals surface area contributed by atoms with Gasteiger partial charge in [-0.05, 0) is 33.8 Å². The second-order valence-electron chi connectivity index (χ2n) is 5.37. The summed E-state index contributed by atoms with van der Waals surface area (Å²) in [4.78, 5) is 0. The molecule has 0 aliphatic carbocycles. The lowest BCUT2D eigenvalue weighted by molar-refractivity contribution is 0.00578. The van der Waals surface area contributed by atoms with E-state index in [1.54, 1.807) is 6.07 Å². The van der Waals surface area contributed by atoms with Crippen molar-refractivity contribution < 1.29 is 21.9 Å². The summed E-state index contributed by atoms with van der Waals surface area (Å²) < 4.78 is 40.3. The molecule has 0 saturated carbocycles. The van der Waals surface area contributed by atoms with Crippen LogP contribution in [0.4, 0.5) is 0 Å². The average molecular weight is 304 g/mol. The van der Waals surface area contributed by atoms with Crippen molar-refractivity contribution in [2.75, 3.05) is 7.11 Å². The Morgan fingerprint density at radius 2 is 1.68 bits per heavy atom. The average Bonchev–Trinajstić information content (AvgIpc) is 2.83. The van der Waals surface area contributed by atoms with Crippen molar-refractivity contribution >= 4 is 33.3 Å². The van der Waals surface area contributed by atoms with Crippen LogP contribution in [0.1, 0.15) is 27.7 Å². The van der Waals surface area contributed by atoms with Crippen LogP contribution in [0.3, 0.4) is 0 Å². The van der Waals surface area contributed by atoms with Crippen molar-refractivity contribution in [2.24, 2.45) is 0 Å². The topological polar surface area (TPSA) is 61.8 Å². The number of hydrogen-bond acceptors (Lipinski definition) is 6. The fourth-order valence-corrected chi connectivity index (χ4v) is 3.63. The summed E-state index contributed by atoms with van der Waals surface area (Å²) in [7, 11) is -3.06. The highest BCUT2D eigenvalue weighted by Gasteiger charge is 2.52. The standard InChI is InChI=1S/C11H17BO5S2/c1-10(2)11(3,4)17-12(16-10)8-6-7-9(18-8)19(13,14)15-5/h6-7H,1-5H3. The minimum atomic E-state index is -3.66. The van der Waals surface area contributed by atoms with Gasteiger partial charge >= 0.3 is 17.2 Å². The van der Waals surface area contributed by atoms with Crippen molar-refractivity contribution in [3.63, 3.8) is 0 Å². The molecule has 8 heteroatoms. The van der Waals surface area contributed by atoms with Gasteiger partial charge in [0.15, 0.2) is 0 Å². The van der Waals surface area contributed by atoms with Gasteiger partial charge in [0.1, 0.15) is 4.21 Å². The zero-order valence-corrected chi connectivity index (χ0v) is 13.2. The van der Waals surface area contributed by atoms with Gasteiger partial charge in [-0.15, -0.1) is 11.3 Å². The summed E-state index contributed by atoms with van der Waals surface area (Å²) in [6.45, 7) is 7.81. The molecule has 0 radical (unpaired) electrons. The third-order valence-electron chi connectivity index (χ3n) is 3.55. The third-order valence-corrected chi connectivity index (χ3v) is 6.39. The van der Waals surface area contributed by atoms with Gasteiger partial charge in [0.05, 0.1) is 18.3 Å². The Labute approximate surface area is 118 Å². The van der Waals surface area contributed by atoms with Gasteiger partial charge in [0, 0.05) is 4.78 Å². The van der Waals surface area contributed by atoms with Crippen molar-refractivity contribution in [1.29, 1.82) is 0 Å². The lowest BCUT2D eigenvalue weighted by Gasteiger charge is -2.32. The summed E-state index contributed by atoms with van der Waals surface area (Å²) in [5, 5.41) is 0. The molecule has 1 saturated heterocycles. The fraction of sp³-hybridized carbons (Fsp3) is 0.636. The first kappa shape index (κ1) is 15.0. The van der Waals surface area contributed by atoms with Crippen LogP contribution >= 0.6 is 11.3 Å². The summed E-state index contributed by atoms with van der Waals surface area (Å²) >= 11 is 1.10. The van der Waals surface area contributed by atoms with E-state index in [4.69, 9.17) is 9.31 Å². The highest BCUT2D eigenvalue weighted by Crippen LogP contribution is 2.37. The lowest BCUT2D eigenvalue weighted by Crippen LogP contribution is -2.41. The highest BCUT2D eigenvalue weighted by molar-refractivity contribution is 7.89. The Bertz CT molecular complexity index is 560. The van der Waals surface area contributed by atoms with Crippen molar-refractivity contribution in [2.45, 2.75) is 43.1 Å². The minimum absolute atomic E-state index is 0.153. The van der Waals surface area contributed by atoms with E-state index in [1.807, 2.05) is 27.7 Å². The van der Waals surface area contributed by atoms with Crippen molar-refractivity contribution in [3.8, 4) is 0 Å². The van der Waals surface area contributed by atoms with Crippen LogP contribution in [0.5, 0.6) is 0 Å². The molecule has 0 amide bonds. The van der Waals surface area contributed by atoms with Crippen LogP contribution in [0.2, 0.25) is 0 Å². The molecular weight excluding hydrogens is 287 g/mol. The zero-order chi connectivity index (χ0) is 14.5. The van der Waals surface area contributed by atoms with E-state index in [0.29, 0.717) is 4.78 Å². The molecule has 1 aliphatic rings. The molecule has 1 aromatic heterocycles. The molecule has 1 fully saturated rings. The van der Waals surface area contributed by atoms with Crippen LogP contribution in [-0.4, -0.2) is 33.8 Å². The molecule has 0 atom stereocenters. The second-order valence-corrected chi connectivity index (χ2v) is 8.42. The zero-order valence-electron chi connectivity index (χ0n) is 11.6. The quantitative estimate of drug-likeness (QED) is 0.624. The monoisotopic (exact) mass is 304 g/mol. The molecule has 5 nitrogen and oxygen atoms in total. The molecule has 0 N–H and O–H groups in total. The van der Waals surface area contributed by atoms with E-state index in [9.17, 15) is 8.42 Å². The fourth-order valence-electron chi connectivity index (χ4n) is 1.64. The Morgan fingerprint density at radius 1 is 1.16 bits per heavy atom. The maximum atomic E-state index is 11.6. The summed E-state index contributed by atoms with van der Waals surface area (Å²) in [6.07, 6.45) is 0. The number of thiophene rings is 1. The number of rotatable bonds is 3. The molecule has 0 bridgehead atoms. The van der Waals surface area contributed by atoms with Gasteiger partial charge in [-0.2, -0.15) is 8.42 Å². The van der Waals surface area contributed by atoms with Crippen molar-refractivity contribution in [1.82, 2.24) is 0 Å². The first-order valence-corrected chi connectivity index (χ1v) is 8.07. The van der Waals surface area contributed by atoms with Gasteiger partial charge < -0.3 is 9.31 Å². The third kappa shape index (κ3) is 2.60. The van der Waals surface area contributed by atoms with Crippen LogP contribution in [0.15, 0.2) is 16.3 Å². The van der Waals surface area contributed by atoms with Gasteiger partial charge in [-0.25, -0.2) is 0 Å². The molecular formula is C11H17BO5S2. The summed E-state index contributed by atoms with van der Waals surface area (Å²) in [6, 6.07) is 3.20.